The molecule has 1 aromatic carbocycles. The highest BCUT2D eigenvalue weighted by Crippen LogP contribution is 2.31. The van der Waals surface area contributed by atoms with Gasteiger partial charge in [-0.25, -0.2) is 0 Å². The average Bonchev–Trinajstić information content (AvgIpc) is 2.48. The van der Waals surface area contributed by atoms with E-state index in [1.165, 1.54) is 18.9 Å². The van der Waals surface area contributed by atoms with Gasteiger partial charge in [0.25, 0.3) is 5.91 Å². The minimum atomic E-state index is -0.319. The maximum absolute atomic E-state index is 12.7. The summed E-state index contributed by atoms with van der Waals surface area (Å²) in [6, 6.07) is 5.09. The summed E-state index contributed by atoms with van der Waals surface area (Å²) >= 11 is 0. The van der Waals surface area contributed by atoms with Gasteiger partial charge in [-0.3, -0.25) is 9.69 Å². The van der Waals surface area contributed by atoms with Gasteiger partial charge in [0.05, 0.1) is 5.56 Å². The van der Waals surface area contributed by atoms with Crippen LogP contribution >= 0.6 is 0 Å². The largest absolute Gasteiger partial charge is 0.504 e. The first kappa shape index (κ1) is 14.2. The first-order chi connectivity index (χ1) is 10.1. The van der Waals surface area contributed by atoms with Crippen molar-refractivity contribution in [3.05, 3.63) is 23.8 Å². The van der Waals surface area contributed by atoms with Crippen molar-refractivity contribution in [1.29, 1.82) is 0 Å². The Morgan fingerprint density at radius 3 is 2.86 bits per heavy atom. The number of carbonyl (C=O) groups is 1. The summed E-state index contributed by atoms with van der Waals surface area (Å²) in [5, 5.41) is 19.5. The Kier molecular flexibility index (Phi) is 3.76. The zero-order valence-corrected chi connectivity index (χ0v) is 12.3. The number of aromatic hydroxyl groups is 2. The van der Waals surface area contributed by atoms with Crippen LogP contribution in [0.15, 0.2) is 18.2 Å². The van der Waals surface area contributed by atoms with Crippen LogP contribution in [0.4, 0.5) is 0 Å². The number of phenolic OH excluding ortho intramolecular Hbond substituents is 2. The van der Waals surface area contributed by atoms with E-state index in [0.29, 0.717) is 12.6 Å². The normalized spacial score (nSPS) is 26.4. The van der Waals surface area contributed by atoms with Crippen molar-refractivity contribution in [2.24, 2.45) is 0 Å². The number of carbonyl (C=O) groups excluding carboxylic acids is 1. The topological polar surface area (TPSA) is 64.0 Å². The summed E-state index contributed by atoms with van der Waals surface area (Å²) < 4.78 is 0. The Bertz CT molecular complexity index is 546. The molecule has 5 heteroatoms. The summed E-state index contributed by atoms with van der Waals surface area (Å²) in [4.78, 5) is 17.0. The second-order valence-electron chi connectivity index (χ2n) is 6.12. The smallest absolute Gasteiger partial charge is 0.258 e. The van der Waals surface area contributed by atoms with Crippen molar-refractivity contribution >= 4 is 5.91 Å². The molecule has 2 saturated heterocycles. The molecule has 0 radical (unpaired) electrons. The van der Waals surface area contributed by atoms with Crippen LogP contribution in [0.5, 0.6) is 11.5 Å². The molecule has 0 spiro atoms. The summed E-state index contributed by atoms with van der Waals surface area (Å²) in [7, 11) is 0. The van der Waals surface area contributed by atoms with E-state index in [2.05, 4.69) is 4.90 Å². The zero-order chi connectivity index (χ0) is 15.0. The molecule has 114 valence electrons. The predicted octanol–water partition coefficient (Wildman–Crippen LogP) is 1.80. The highest BCUT2D eigenvalue weighted by Gasteiger charge is 2.36. The van der Waals surface area contributed by atoms with Crippen molar-refractivity contribution in [2.45, 2.75) is 38.3 Å². The van der Waals surface area contributed by atoms with Crippen LogP contribution in [0.2, 0.25) is 0 Å². The van der Waals surface area contributed by atoms with Crippen LogP contribution in [0, 0.1) is 0 Å². The molecule has 1 aromatic rings. The van der Waals surface area contributed by atoms with Crippen LogP contribution < -0.4 is 0 Å². The molecule has 2 unspecified atom stereocenters. The third-order valence-corrected chi connectivity index (χ3v) is 4.69. The van der Waals surface area contributed by atoms with E-state index >= 15 is 0 Å². The van der Waals surface area contributed by atoms with Gasteiger partial charge < -0.3 is 15.1 Å². The molecule has 21 heavy (non-hydrogen) atoms. The fourth-order valence-electron chi connectivity index (χ4n) is 3.49. The lowest BCUT2D eigenvalue weighted by atomic mass is 9.96. The Labute approximate surface area is 124 Å². The Balaban J connectivity index is 1.82. The van der Waals surface area contributed by atoms with Gasteiger partial charge in [0.2, 0.25) is 0 Å². The van der Waals surface area contributed by atoms with Crippen molar-refractivity contribution in [2.75, 3.05) is 19.6 Å². The molecule has 2 aliphatic rings. The van der Waals surface area contributed by atoms with E-state index in [9.17, 15) is 15.0 Å². The van der Waals surface area contributed by atoms with Crippen LogP contribution in [0.25, 0.3) is 0 Å². The van der Waals surface area contributed by atoms with Crippen LogP contribution in [-0.4, -0.2) is 57.6 Å². The quantitative estimate of drug-likeness (QED) is 0.774. The molecule has 0 aromatic heterocycles. The zero-order valence-electron chi connectivity index (χ0n) is 12.3. The van der Waals surface area contributed by atoms with Crippen molar-refractivity contribution in [1.82, 2.24) is 9.80 Å². The number of hydrogen-bond donors (Lipinski definition) is 2. The molecular weight excluding hydrogens is 268 g/mol. The van der Waals surface area contributed by atoms with Gasteiger partial charge in [-0.2, -0.15) is 0 Å². The number of hydrogen-bond acceptors (Lipinski definition) is 4. The SMILES string of the molecule is CC1CN2CCCCC2CN1C(=O)c1cccc(O)c1O. The van der Waals surface area contributed by atoms with Gasteiger partial charge >= 0.3 is 0 Å². The lowest BCUT2D eigenvalue weighted by molar-refractivity contribution is 0.0150. The molecule has 2 fully saturated rings. The van der Waals surface area contributed by atoms with Crippen molar-refractivity contribution in [3.8, 4) is 11.5 Å². The molecule has 3 rings (SSSR count). The fraction of sp³-hybridized carbons (Fsp3) is 0.562. The van der Waals surface area contributed by atoms with Gasteiger partial charge in [0.15, 0.2) is 11.5 Å². The number of fused-ring (bicyclic) bond motifs is 1. The van der Waals surface area contributed by atoms with E-state index in [1.807, 2.05) is 11.8 Å². The number of piperazine rings is 1. The Hall–Kier alpha value is -1.75. The second-order valence-corrected chi connectivity index (χ2v) is 6.12. The molecule has 0 saturated carbocycles. The minimum Gasteiger partial charge on any atom is -0.504 e. The molecule has 2 atom stereocenters. The molecule has 0 bridgehead atoms. The van der Waals surface area contributed by atoms with Crippen LogP contribution in [-0.2, 0) is 0 Å². The van der Waals surface area contributed by atoms with Gasteiger partial charge in [-0.1, -0.05) is 12.5 Å². The number of para-hydroxylation sites is 1. The lowest BCUT2D eigenvalue weighted by Gasteiger charge is -2.47. The number of rotatable bonds is 1. The second kappa shape index (κ2) is 5.56. The summed E-state index contributed by atoms with van der Waals surface area (Å²) in [5.41, 5.74) is 0.186. The molecule has 2 N–H and O–H groups in total. The number of benzene rings is 1. The minimum absolute atomic E-state index is 0.119. The van der Waals surface area contributed by atoms with Crippen molar-refractivity contribution < 1.29 is 15.0 Å². The van der Waals surface area contributed by atoms with E-state index < -0.39 is 0 Å². The van der Waals surface area contributed by atoms with Gasteiger partial charge in [0, 0.05) is 25.2 Å². The van der Waals surface area contributed by atoms with E-state index in [-0.39, 0.29) is 29.0 Å². The number of phenols is 2. The summed E-state index contributed by atoms with van der Waals surface area (Å²) in [6.07, 6.45) is 3.59. The standard InChI is InChI=1S/C16H22N2O3/c1-11-9-17-8-3-2-5-12(17)10-18(11)16(21)13-6-4-7-14(19)15(13)20/h4,6-7,11-12,19-20H,2-3,5,8-10H2,1H3. The van der Waals surface area contributed by atoms with Crippen LogP contribution in [0.3, 0.4) is 0 Å². The number of nitrogens with zero attached hydrogens (tertiary/aromatic N) is 2. The van der Waals surface area contributed by atoms with E-state index in [1.54, 1.807) is 12.1 Å². The maximum Gasteiger partial charge on any atom is 0.258 e. The molecule has 0 aliphatic carbocycles. The highest BCUT2D eigenvalue weighted by molar-refractivity contribution is 5.97. The summed E-state index contributed by atoms with van der Waals surface area (Å²) in [5.74, 6) is -0.758. The first-order valence-electron chi connectivity index (χ1n) is 7.64. The molecule has 2 heterocycles. The molecule has 2 aliphatic heterocycles. The van der Waals surface area contributed by atoms with E-state index in [0.717, 1.165) is 19.5 Å². The molecule has 1 amide bonds. The van der Waals surface area contributed by atoms with Crippen LogP contribution in [0.1, 0.15) is 36.5 Å². The van der Waals surface area contributed by atoms with E-state index in [4.69, 9.17) is 0 Å². The average molecular weight is 290 g/mol. The lowest BCUT2D eigenvalue weighted by Crippen LogP contribution is -2.60. The highest BCUT2D eigenvalue weighted by atomic mass is 16.3. The molecule has 5 nitrogen and oxygen atoms in total. The first-order valence-corrected chi connectivity index (χ1v) is 7.64. The Morgan fingerprint density at radius 2 is 2.05 bits per heavy atom. The van der Waals surface area contributed by atoms with Gasteiger partial charge in [-0.05, 0) is 38.4 Å². The van der Waals surface area contributed by atoms with Gasteiger partial charge in [-0.15, -0.1) is 0 Å². The summed E-state index contributed by atoms with van der Waals surface area (Å²) in [6.45, 7) is 4.75. The van der Waals surface area contributed by atoms with Gasteiger partial charge in [0.1, 0.15) is 0 Å². The fourth-order valence-corrected chi connectivity index (χ4v) is 3.49. The third kappa shape index (κ3) is 2.58. The monoisotopic (exact) mass is 290 g/mol. The Morgan fingerprint density at radius 1 is 1.24 bits per heavy atom. The number of piperidine rings is 1. The third-order valence-electron chi connectivity index (χ3n) is 4.69. The van der Waals surface area contributed by atoms with Crippen molar-refractivity contribution in [3.63, 3.8) is 0 Å². The maximum atomic E-state index is 12.7. The predicted molar refractivity (Wildman–Crippen MR) is 79.5 cm³/mol. The number of amides is 1. The molecular formula is C16H22N2O3.